The molecule has 0 saturated heterocycles. The van der Waals surface area contributed by atoms with E-state index in [-0.39, 0.29) is 45.4 Å². The summed E-state index contributed by atoms with van der Waals surface area (Å²) in [4.78, 5) is 0. The largest absolute Gasteiger partial charge is 0.333 e. The van der Waals surface area contributed by atoms with E-state index in [9.17, 15) is 83.4 Å². The van der Waals surface area contributed by atoms with Crippen LogP contribution < -0.4 is 0 Å². The minimum atomic E-state index is -6.49. The minimum Gasteiger partial charge on any atom is -0.237 e. The van der Waals surface area contributed by atoms with E-state index in [1.807, 2.05) is 0 Å². The molecule has 12 aliphatic rings. The van der Waals surface area contributed by atoms with Crippen molar-refractivity contribution in [2.45, 2.75) is 215 Å². The lowest BCUT2D eigenvalue weighted by atomic mass is 9.40. The van der Waals surface area contributed by atoms with E-state index in [1.165, 1.54) is 49.4 Å². The van der Waals surface area contributed by atoms with Crippen LogP contribution in [0.2, 0.25) is 0 Å². The van der Waals surface area contributed by atoms with Crippen LogP contribution in [-0.4, -0.2) is 64.4 Å². The third-order valence-electron chi connectivity index (χ3n) is 19.2. The van der Waals surface area contributed by atoms with E-state index in [1.54, 1.807) is 57.8 Å². The highest BCUT2D eigenvalue weighted by Crippen LogP contribution is 2.84. The molecule has 0 nitrogen and oxygen atoms in total. The summed E-state index contributed by atoms with van der Waals surface area (Å²) in [5.74, 6) is -29.5. The Balaban J connectivity index is 0.000000128. The lowest BCUT2D eigenvalue weighted by Gasteiger charge is -2.71. The standard InChI is InChI=1S/C13H20.C11H7F11.C8H12F4.C8H14.C7H10F4/c1-7-4-10-6-11(7)13-9-3-2-8(5-9)12(10)13;1-4-2-5(12)3-6(13,8(4,15)16)11(21,22)7(14,9(4,17)18)10(5,19)20;1-2-6-7(9,10)4-3-5-8(6,11)12;1-6-4-7-2-3-8(6)5-7;1-5-3-2-4-6(8,9)7(5,10)11/h7-13H,2-6H2,1H3;2-3H2,1H3;6H,2-5H2,1H3;6-8H,2-5H2,1H3;5H,2-4H2,1H3. The van der Waals surface area contributed by atoms with E-state index in [4.69, 9.17) is 0 Å². The van der Waals surface area contributed by atoms with E-state index in [0.717, 1.165) is 23.7 Å². The first kappa shape index (κ1) is 52.5. The Labute approximate surface area is 374 Å². The monoisotopic (exact) mass is 988 g/mol. The molecule has 12 saturated carbocycles. The lowest BCUT2D eigenvalue weighted by Crippen LogP contribution is -2.97. The average Bonchev–Trinajstić information content (AvgIpc) is 4.05. The molecule has 0 N–H and O–H groups in total. The summed E-state index contributed by atoms with van der Waals surface area (Å²) < 4.78 is 255. The molecule has 0 aromatic heterocycles. The van der Waals surface area contributed by atoms with Crippen molar-refractivity contribution in [3.63, 3.8) is 0 Å². The first-order chi connectivity index (χ1) is 29.9. The molecule has 15 unspecified atom stereocenters. The van der Waals surface area contributed by atoms with Crippen LogP contribution in [0.15, 0.2) is 0 Å². The van der Waals surface area contributed by atoms with Gasteiger partial charge in [0.2, 0.25) is 5.67 Å². The second-order valence-corrected chi connectivity index (χ2v) is 22.9. The molecule has 12 fully saturated rings. The predicted molar refractivity (Wildman–Crippen MR) is 207 cm³/mol. The molecule has 10 bridgehead atoms. The smallest absolute Gasteiger partial charge is 0.237 e. The zero-order chi connectivity index (χ0) is 49.7. The molecule has 0 aromatic carbocycles. The molecule has 0 aliphatic heterocycles. The molecular weight excluding hydrogens is 925 g/mol. The summed E-state index contributed by atoms with van der Waals surface area (Å²) >= 11 is 0. The van der Waals surface area contributed by atoms with E-state index >= 15 is 0 Å². The third-order valence-corrected chi connectivity index (χ3v) is 19.2. The van der Waals surface area contributed by atoms with Gasteiger partial charge in [-0.15, -0.1) is 0 Å². The molecule has 0 amide bonds. The van der Waals surface area contributed by atoms with Gasteiger partial charge in [-0.1, -0.05) is 34.1 Å². The Morgan fingerprint density at radius 1 is 0.470 bits per heavy atom. The summed E-state index contributed by atoms with van der Waals surface area (Å²) in [5.41, 5.74) is -20.8. The van der Waals surface area contributed by atoms with Gasteiger partial charge < -0.3 is 0 Å². The van der Waals surface area contributed by atoms with Gasteiger partial charge in [0.1, 0.15) is 5.41 Å². The Morgan fingerprint density at radius 2 is 1.03 bits per heavy atom. The van der Waals surface area contributed by atoms with Crippen molar-refractivity contribution in [3.05, 3.63) is 0 Å². The molecule has 12 aliphatic carbocycles. The zero-order valence-corrected chi connectivity index (χ0v) is 37.8. The minimum absolute atomic E-state index is 0.0729. The predicted octanol–water partition coefficient (Wildman–Crippen LogP) is 16.8. The van der Waals surface area contributed by atoms with Gasteiger partial charge in [-0.05, 0) is 143 Å². The van der Waals surface area contributed by atoms with Gasteiger partial charge in [0.05, 0.1) is 5.92 Å². The second-order valence-electron chi connectivity index (χ2n) is 22.9. The maximum Gasteiger partial charge on any atom is 0.333 e. The first-order valence-electron chi connectivity index (χ1n) is 24.0. The van der Waals surface area contributed by atoms with Crippen molar-refractivity contribution in [2.24, 2.45) is 76.4 Å². The lowest BCUT2D eigenvalue weighted by molar-refractivity contribution is -0.529. The van der Waals surface area contributed by atoms with Gasteiger partial charge in [-0.3, -0.25) is 0 Å². The summed E-state index contributed by atoms with van der Waals surface area (Å²) in [6.07, 6.45) is 7.87. The fourth-order valence-electron chi connectivity index (χ4n) is 15.7. The van der Waals surface area contributed by atoms with Crippen LogP contribution in [0.3, 0.4) is 0 Å². The summed E-state index contributed by atoms with van der Waals surface area (Å²) in [7, 11) is 0. The highest BCUT2D eigenvalue weighted by Gasteiger charge is 3.09. The number of hydrogen-bond donors (Lipinski definition) is 0. The van der Waals surface area contributed by atoms with Gasteiger partial charge in [-0.2, -0.15) is 35.1 Å². The van der Waals surface area contributed by atoms with E-state index in [2.05, 4.69) is 13.8 Å². The Hall–Kier alpha value is -1.33. The van der Waals surface area contributed by atoms with Crippen LogP contribution >= 0.6 is 0 Å². The summed E-state index contributed by atoms with van der Waals surface area (Å²) in [6, 6.07) is 0. The normalized spacial score (nSPS) is 49.5. The van der Waals surface area contributed by atoms with Crippen molar-refractivity contribution in [2.75, 3.05) is 0 Å². The maximum atomic E-state index is 14.2. The van der Waals surface area contributed by atoms with Crippen molar-refractivity contribution >= 4 is 0 Å². The van der Waals surface area contributed by atoms with E-state index < -0.39 is 101 Å². The SMILES string of the molecule is CC12CC3(F)CC(F)(C1(F)F)C(F)(F)C(F)(C3(F)F)C2(F)F.CC1CC2CC1C1C3CCC(C3)C21.CC1CC2CCC1C2.CC1CCCC(F)(F)C1(F)F.CCC1C(F)(F)CCCC1(F)F. The maximum absolute atomic E-state index is 14.2. The molecular formula is C47H63F19. The van der Waals surface area contributed by atoms with Crippen molar-refractivity contribution in [1.82, 2.24) is 0 Å². The van der Waals surface area contributed by atoms with Gasteiger partial charge >= 0.3 is 35.3 Å². The summed E-state index contributed by atoms with van der Waals surface area (Å²) in [6.45, 7) is 7.25. The highest BCUT2D eigenvalue weighted by molar-refractivity contribution is 5.43. The fourth-order valence-corrected chi connectivity index (χ4v) is 15.7. The Kier molecular flexibility index (Phi) is 12.8. The van der Waals surface area contributed by atoms with Crippen LogP contribution in [0.4, 0.5) is 83.4 Å². The molecule has 66 heavy (non-hydrogen) atoms. The van der Waals surface area contributed by atoms with Crippen LogP contribution in [-0.2, 0) is 0 Å². The molecule has 0 radical (unpaired) electrons. The van der Waals surface area contributed by atoms with Gasteiger partial charge in [0.25, 0.3) is 17.8 Å². The molecule has 15 atom stereocenters. The molecule has 12 rings (SSSR count). The molecule has 0 aromatic rings. The average molecular weight is 989 g/mol. The number of fused-ring (bicyclic) bond motifs is 11. The quantitative estimate of drug-likeness (QED) is 0.181. The van der Waals surface area contributed by atoms with Crippen molar-refractivity contribution in [1.29, 1.82) is 0 Å². The molecule has 19 heteroatoms. The summed E-state index contributed by atoms with van der Waals surface area (Å²) in [5, 5.41) is 0. The number of rotatable bonds is 1. The number of alkyl halides is 19. The van der Waals surface area contributed by atoms with Crippen LogP contribution in [0.1, 0.15) is 150 Å². The van der Waals surface area contributed by atoms with Crippen molar-refractivity contribution < 1.29 is 83.4 Å². The van der Waals surface area contributed by atoms with Gasteiger partial charge in [0, 0.05) is 38.0 Å². The van der Waals surface area contributed by atoms with E-state index in [0.29, 0.717) is 0 Å². The number of halogens is 19. The van der Waals surface area contributed by atoms with Gasteiger partial charge in [-0.25, -0.2) is 48.3 Å². The number of hydrogen-bond acceptors (Lipinski definition) is 0. The Bertz CT molecular complexity index is 1730. The fraction of sp³-hybridized carbons (Fsp3) is 1.00. The molecule has 384 valence electrons. The van der Waals surface area contributed by atoms with Crippen LogP contribution in [0.5, 0.6) is 0 Å². The first-order valence-corrected chi connectivity index (χ1v) is 24.0. The van der Waals surface area contributed by atoms with Crippen LogP contribution in [0, 0.1) is 76.4 Å². The third kappa shape index (κ3) is 6.99. The zero-order valence-electron chi connectivity index (χ0n) is 37.8. The topological polar surface area (TPSA) is 0 Å². The highest BCUT2D eigenvalue weighted by atomic mass is 19.3. The second kappa shape index (κ2) is 16.1. The molecule has 0 spiro atoms. The molecule has 0 heterocycles. The van der Waals surface area contributed by atoms with Crippen molar-refractivity contribution in [3.8, 4) is 0 Å². The van der Waals surface area contributed by atoms with Crippen LogP contribution in [0.25, 0.3) is 0 Å². The Morgan fingerprint density at radius 3 is 1.48 bits per heavy atom. The van der Waals surface area contributed by atoms with Gasteiger partial charge in [0.15, 0.2) is 5.67 Å².